The zero-order chi connectivity index (χ0) is 11.0. The summed E-state index contributed by atoms with van der Waals surface area (Å²) < 4.78 is 38.6. The van der Waals surface area contributed by atoms with Crippen LogP contribution in [0.15, 0.2) is 0 Å². The van der Waals surface area contributed by atoms with E-state index in [1.807, 2.05) is 0 Å². The van der Waals surface area contributed by atoms with Gasteiger partial charge in [-0.3, -0.25) is 4.79 Å². The monoisotopic (exact) mass is 243 g/mol. The third-order valence-corrected chi connectivity index (χ3v) is 2.14. The molecule has 0 fully saturated rings. The highest BCUT2D eigenvalue weighted by molar-refractivity contribution is 6.37. The van der Waals surface area contributed by atoms with Gasteiger partial charge in [0.25, 0.3) is 5.91 Å². The van der Waals surface area contributed by atoms with E-state index in [0.717, 1.165) is 0 Å². The van der Waals surface area contributed by atoms with E-state index in [-0.39, 0.29) is 0 Å². The van der Waals surface area contributed by atoms with Crippen molar-refractivity contribution in [2.45, 2.75) is 0 Å². The summed E-state index contributed by atoms with van der Waals surface area (Å²) in [6.45, 7) is 0. The molecule has 2 nitrogen and oxygen atoms in total. The van der Waals surface area contributed by atoms with Gasteiger partial charge < -0.3 is 5.73 Å². The number of hydrogen-bond acceptors (Lipinski definition) is 1. The minimum Gasteiger partial charge on any atom is -0.365 e. The molecule has 0 aliphatic carbocycles. The fourth-order valence-electron chi connectivity index (χ4n) is 0.821. The number of amides is 1. The molecule has 0 saturated carbocycles. The maximum atomic E-state index is 12.9. The summed E-state index contributed by atoms with van der Waals surface area (Å²) in [4.78, 5) is 10.6. The highest BCUT2D eigenvalue weighted by atomic mass is 35.5. The van der Waals surface area contributed by atoms with Crippen LogP contribution in [0.3, 0.4) is 0 Å². The van der Waals surface area contributed by atoms with E-state index in [9.17, 15) is 18.0 Å². The maximum absolute atomic E-state index is 12.9. The van der Waals surface area contributed by atoms with Crippen molar-refractivity contribution in [3.05, 3.63) is 33.1 Å². The van der Waals surface area contributed by atoms with Crippen molar-refractivity contribution >= 4 is 29.1 Å². The van der Waals surface area contributed by atoms with Gasteiger partial charge in [-0.1, -0.05) is 23.2 Å². The lowest BCUT2D eigenvalue weighted by Gasteiger charge is -2.05. The van der Waals surface area contributed by atoms with E-state index in [1.54, 1.807) is 0 Å². The molecule has 0 bridgehead atoms. The van der Waals surface area contributed by atoms with E-state index >= 15 is 0 Å². The van der Waals surface area contributed by atoms with Crippen LogP contribution < -0.4 is 5.73 Å². The minimum atomic E-state index is -1.69. The van der Waals surface area contributed by atoms with Crippen molar-refractivity contribution in [3.8, 4) is 0 Å². The molecule has 0 atom stereocenters. The second-order valence-electron chi connectivity index (χ2n) is 2.31. The quantitative estimate of drug-likeness (QED) is 0.598. The Morgan fingerprint density at radius 3 is 1.93 bits per heavy atom. The molecular formula is C7H2Cl2F3NO. The average Bonchev–Trinajstić information content (AvgIpc) is 2.11. The lowest BCUT2D eigenvalue weighted by Crippen LogP contribution is -2.16. The van der Waals surface area contributed by atoms with E-state index in [1.165, 1.54) is 0 Å². The zero-order valence-electron chi connectivity index (χ0n) is 6.38. The molecule has 1 amide bonds. The summed E-state index contributed by atoms with van der Waals surface area (Å²) in [5.41, 5.74) is 3.61. The van der Waals surface area contributed by atoms with Crippen molar-refractivity contribution in [2.24, 2.45) is 5.73 Å². The van der Waals surface area contributed by atoms with Gasteiger partial charge in [0.2, 0.25) is 0 Å². The van der Waals surface area contributed by atoms with Gasteiger partial charge in [-0.05, 0) is 0 Å². The van der Waals surface area contributed by atoms with E-state index in [4.69, 9.17) is 23.2 Å². The summed E-state index contributed by atoms with van der Waals surface area (Å²) in [5.74, 6) is -6.14. The smallest absolute Gasteiger partial charge is 0.253 e. The molecule has 14 heavy (non-hydrogen) atoms. The second-order valence-corrected chi connectivity index (χ2v) is 3.07. The van der Waals surface area contributed by atoms with Gasteiger partial charge in [-0.2, -0.15) is 0 Å². The summed E-state index contributed by atoms with van der Waals surface area (Å²) in [7, 11) is 0. The number of halogens is 5. The minimum absolute atomic E-state index is 0.929. The Morgan fingerprint density at radius 2 is 1.50 bits per heavy atom. The number of hydrogen-bond donors (Lipinski definition) is 1. The number of rotatable bonds is 1. The van der Waals surface area contributed by atoms with Crippen molar-refractivity contribution in [3.63, 3.8) is 0 Å². The number of primary amides is 1. The van der Waals surface area contributed by atoms with Crippen LogP contribution in [0.5, 0.6) is 0 Å². The van der Waals surface area contributed by atoms with Crippen LogP contribution in [0.2, 0.25) is 10.0 Å². The molecule has 2 N–H and O–H groups in total. The van der Waals surface area contributed by atoms with Crippen molar-refractivity contribution in [2.75, 3.05) is 0 Å². The van der Waals surface area contributed by atoms with Crippen LogP contribution in [-0.2, 0) is 0 Å². The van der Waals surface area contributed by atoms with Gasteiger partial charge in [0.1, 0.15) is 5.02 Å². The lowest BCUT2D eigenvalue weighted by molar-refractivity contribution is 0.0995. The molecule has 1 rings (SSSR count). The van der Waals surface area contributed by atoms with Gasteiger partial charge in [0.15, 0.2) is 17.5 Å². The van der Waals surface area contributed by atoms with E-state index in [2.05, 4.69) is 5.73 Å². The third-order valence-electron chi connectivity index (χ3n) is 1.46. The zero-order valence-corrected chi connectivity index (χ0v) is 7.89. The molecule has 0 aromatic heterocycles. The Morgan fingerprint density at radius 1 is 1.00 bits per heavy atom. The van der Waals surface area contributed by atoms with Gasteiger partial charge in [0.05, 0.1) is 10.6 Å². The van der Waals surface area contributed by atoms with Gasteiger partial charge >= 0.3 is 0 Å². The molecule has 7 heteroatoms. The fourth-order valence-corrected chi connectivity index (χ4v) is 1.32. The normalized spacial score (nSPS) is 10.4. The Bertz CT molecular complexity index is 393. The van der Waals surface area contributed by atoms with Crippen LogP contribution in [0.4, 0.5) is 13.2 Å². The average molecular weight is 244 g/mol. The molecule has 0 aliphatic rings. The van der Waals surface area contributed by atoms with Crippen LogP contribution >= 0.6 is 23.2 Å². The molecule has 0 unspecified atom stereocenters. The molecule has 76 valence electrons. The van der Waals surface area contributed by atoms with Crippen molar-refractivity contribution in [1.29, 1.82) is 0 Å². The standard InChI is InChI=1S/C7H2Cl2F3NO/c8-2-1(7(13)14)4(10)6(12)3(9)5(2)11/h(H2,13,14). The highest BCUT2D eigenvalue weighted by Crippen LogP contribution is 2.31. The van der Waals surface area contributed by atoms with Crippen LogP contribution in [-0.4, -0.2) is 5.91 Å². The summed E-state index contributed by atoms with van der Waals surface area (Å²) >= 11 is 10.2. The third kappa shape index (κ3) is 1.53. The molecule has 1 aromatic rings. The molecule has 0 radical (unpaired) electrons. The number of benzene rings is 1. The number of carbonyl (C=O) groups excluding carboxylic acids is 1. The Labute approximate surface area is 86.4 Å². The fraction of sp³-hybridized carbons (Fsp3) is 0. The van der Waals surface area contributed by atoms with Gasteiger partial charge in [-0.25, -0.2) is 13.2 Å². The Hall–Kier alpha value is -0.940. The molecule has 0 saturated heterocycles. The lowest BCUT2D eigenvalue weighted by atomic mass is 10.2. The molecule has 0 aliphatic heterocycles. The predicted molar refractivity (Wildman–Crippen MR) is 44.9 cm³/mol. The van der Waals surface area contributed by atoms with Crippen molar-refractivity contribution < 1.29 is 18.0 Å². The first kappa shape index (κ1) is 11.1. The molecule has 0 spiro atoms. The van der Waals surface area contributed by atoms with Gasteiger partial charge in [0, 0.05) is 0 Å². The van der Waals surface area contributed by atoms with Crippen molar-refractivity contribution in [1.82, 2.24) is 0 Å². The number of nitrogens with two attached hydrogens (primary N) is 1. The molecule has 0 heterocycles. The number of carbonyl (C=O) groups is 1. The largest absolute Gasteiger partial charge is 0.365 e. The first-order valence-electron chi connectivity index (χ1n) is 3.19. The first-order chi connectivity index (χ1) is 6.37. The topological polar surface area (TPSA) is 43.1 Å². The summed E-state index contributed by atoms with van der Waals surface area (Å²) in [5, 5.41) is -2.04. The summed E-state index contributed by atoms with van der Waals surface area (Å²) in [6, 6.07) is 0. The first-order valence-corrected chi connectivity index (χ1v) is 3.94. The molecular weight excluding hydrogens is 242 g/mol. The Kier molecular flexibility index (Phi) is 2.92. The maximum Gasteiger partial charge on any atom is 0.253 e. The SMILES string of the molecule is NC(=O)c1c(F)c(F)c(Cl)c(F)c1Cl. The predicted octanol–water partition coefficient (Wildman–Crippen LogP) is 2.51. The van der Waals surface area contributed by atoms with Crippen LogP contribution in [0.1, 0.15) is 10.4 Å². The second kappa shape index (κ2) is 3.67. The Balaban J connectivity index is 3.68. The molecule has 1 aromatic carbocycles. The van der Waals surface area contributed by atoms with Crippen LogP contribution in [0, 0.1) is 17.5 Å². The van der Waals surface area contributed by atoms with Crippen LogP contribution in [0.25, 0.3) is 0 Å². The summed E-state index contributed by atoms with van der Waals surface area (Å²) in [6.07, 6.45) is 0. The van der Waals surface area contributed by atoms with E-state index in [0.29, 0.717) is 0 Å². The highest BCUT2D eigenvalue weighted by Gasteiger charge is 2.25. The van der Waals surface area contributed by atoms with E-state index < -0.39 is 39.0 Å². The van der Waals surface area contributed by atoms with Gasteiger partial charge in [-0.15, -0.1) is 0 Å².